The lowest BCUT2D eigenvalue weighted by atomic mass is 10.2. The maximum atomic E-state index is 12.1. The molecule has 0 bridgehead atoms. The number of halogens is 2. The number of thioether (sulfide) groups is 2. The van der Waals surface area contributed by atoms with Crippen LogP contribution in [0.15, 0.2) is 29.2 Å². The summed E-state index contributed by atoms with van der Waals surface area (Å²) in [6.07, 6.45) is 2.55. The average molecular weight is 306 g/mol. The van der Waals surface area contributed by atoms with Gasteiger partial charge >= 0.3 is 0 Å². The van der Waals surface area contributed by atoms with Crippen molar-refractivity contribution in [2.45, 2.75) is 23.1 Å². The molecule has 0 fully saturated rings. The number of hydrogen-bond donors (Lipinski definition) is 2. The molecule has 3 nitrogen and oxygen atoms in total. The third-order valence-corrected chi connectivity index (χ3v) is 3.68. The first-order chi connectivity index (χ1) is 9.02. The highest BCUT2D eigenvalue weighted by Crippen LogP contribution is 2.26. The molecule has 1 aromatic rings. The molecule has 0 aliphatic heterocycles. The molecule has 0 saturated carbocycles. The van der Waals surface area contributed by atoms with E-state index in [0.29, 0.717) is 28.8 Å². The molecule has 0 aromatic heterocycles. The van der Waals surface area contributed by atoms with E-state index in [4.69, 9.17) is 5.73 Å². The molecule has 106 valence electrons. The van der Waals surface area contributed by atoms with Crippen LogP contribution in [0.3, 0.4) is 0 Å². The first-order valence-electron chi connectivity index (χ1n) is 5.63. The smallest absolute Gasteiger partial charge is 0.288 e. The quantitative estimate of drug-likeness (QED) is 0.760. The Kier molecular flexibility index (Phi) is 7.19. The van der Waals surface area contributed by atoms with Crippen LogP contribution in [0, 0.1) is 0 Å². The van der Waals surface area contributed by atoms with Crippen LogP contribution in [0.25, 0.3) is 0 Å². The van der Waals surface area contributed by atoms with Gasteiger partial charge in [0.1, 0.15) is 0 Å². The monoisotopic (exact) mass is 306 g/mol. The van der Waals surface area contributed by atoms with Crippen LogP contribution in [0.1, 0.15) is 6.42 Å². The van der Waals surface area contributed by atoms with Crippen molar-refractivity contribution in [3.63, 3.8) is 0 Å². The standard InChI is InChI=1S/C12H16F2N2OS2/c1-18-7-6-10(15)11(17)16-8-2-4-9(5-3-8)19-12(13)14/h2-5,10,12H,6-7,15H2,1H3,(H,16,17)/t10-/m1/s1. The fourth-order valence-corrected chi connectivity index (χ4v) is 2.32. The molecule has 0 aliphatic carbocycles. The zero-order chi connectivity index (χ0) is 14.3. The van der Waals surface area contributed by atoms with Crippen molar-refractivity contribution in [1.29, 1.82) is 0 Å². The van der Waals surface area contributed by atoms with Crippen molar-refractivity contribution in [2.24, 2.45) is 5.73 Å². The summed E-state index contributed by atoms with van der Waals surface area (Å²) in [5, 5.41) is 2.66. The van der Waals surface area contributed by atoms with E-state index >= 15 is 0 Å². The summed E-state index contributed by atoms with van der Waals surface area (Å²) in [7, 11) is 0. The summed E-state index contributed by atoms with van der Waals surface area (Å²) >= 11 is 2.10. The number of amides is 1. The highest BCUT2D eigenvalue weighted by Gasteiger charge is 2.13. The second-order valence-electron chi connectivity index (χ2n) is 3.78. The summed E-state index contributed by atoms with van der Waals surface area (Å²) < 4.78 is 24.3. The molecular weight excluding hydrogens is 290 g/mol. The van der Waals surface area contributed by atoms with Crippen molar-refractivity contribution in [1.82, 2.24) is 0 Å². The Labute approximate surface area is 119 Å². The Balaban J connectivity index is 2.50. The first-order valence-corrected chi connectivity index (χ1v) is 7.90. The topological polar surface area (TPSA) is 55.1 Å². The second-order valence-corrected chi connectivity index (χ2v) is 5.83. The van der Waals surface area contributed by atoms with E-state index in [-0.39, 0.29) is 5.91 Å². The van der Waals surface area contributed by atoms with Crippen LogP contribution in [0.4, 0.5) is 14.5 Å². The third kappa shape index (κ3) is 6.26. The van der Waals surface area contributed by atoms with Gasteiger partial charge in [-0.25, -0.2) is 0 Å². The van der Waals surface area contributed by atoms with Gasteiger partial charge in [0, 0.05) is 10.6 Å². The number of alkyl halides is 2. The summed E-state index contributed by atoms with van der Waals surface area (Å²) in [6, 6.07) is 5.70. The number of nitrogens with two attached hydrogens (primary N) is 1. The van der Waals surface area contributed by atoms with Crippen LogP contribution in [0.5, 0.6) is 0 Å². The molecule has 0 radical (unpaired) electrons. The number of benzene rings is 1. The van der Waals surface area contributed by atoms with Crippen LogP contribution in [-0.2, 0) is 4.79 Å². The Morgan fingerprint density at radius 3 is 2.53 bits per heavy atom. The molecule has 3 N–H and O–H groups in total. The Morgan fingerprint density at radius 2 is 2.00 bits per heavy atom. The van der Waals surface area contributed by atoms with E-state index in [1.54, 1.807) is 36.0 Å². The van der Waals surface area contributed by atoms with Crippen molar-refractivity contribution < 1.29 is 13.6 Å². The summed E-state index contributed by atoms with van der Waals surface area (Å²) in [4.78, 5) is 12.2. The maximum Gasteiger partial charge on any atom is 0.288 e. The van der Waals surface area contributed by atoms with Gasteiger partial charge in [-0.2, -0.15) is 20.5 Å². The van der Waals surface area contributed by atoms with Crippen molar-refractivity contribution in [3.8, 4) is 0 Å². The summed E-state index contributed by atoms with van der Waals surface area (Å²) in [5.74, 6) is -1.89. The van der Waals surface area contributed by atoms with Gasteiger partial charge in [0.05, 0.1) is 6.04 Å². The van der Waals surface area contributed by atoms with Crippen molar-refractivity contribution >= 4 is 35.1 Å². The molecule has 0 heterocycles. The van der Waals surface area contributed by atoms with E-state index in [1.807, 2.05) is 6.26 Å². The second kappa shape index (κ2) is 8.39. The third-order valence-electron chi connectivity index (χ3n) is 2.32. The summed E-state index contributed by atoms with van der Waals surface area (Å²) in [6.45, 7) is 0. The lowest BCUT2D eigenvalue weighted by molar-refractivity contribution is -0.117. The Bertz CT molecular complexity index is 401. The highest BCUT2D eigenvalue weighted by atomic mass is 32.2. The minimum Gasteiger partial charge on any atom is -0.325 e. The molecule has 1 aromatic carbocycles. The first kappa shape index (κ1) is 16.3. The van der Waals surface area contributed by atoms with Crippen molar-refractivity contribution in [2.75, 3.05) is 17.3 Å². The van der Waals surface area contributed by atoms with Crippen LogP contribution in [-0.4, -0.2) is 29.7 Å². The van der Waals surface area contributed by atoms with Crippen LogP contribution in [0.2, 0.25) is 0 Å². The summed E-state index contributed by atoms with van der Waals surface area (Å²) in [5.41, 5.74) is 6.28. The fourth-order valence-electron chi connectivity index (χ4n) is 1.33. The zero-order valence-electron chi connectivity index (χ0n) is 10.4. The molecule has 0 unspecified atom stereocenters. The van der Waals surface area contributed by atoms with Gasteiger partial charge in [0.15, 0.2) is 0 Å². The Morgan fingerprint density at radius 1 is 1.37 bits per heavy atom. The zero-order valence-corrected chi connectivity index (χ0v) is 12.1. The lowest BCUT2D eigenvalue weighted by Crippen LogP contribution is -2.36. The number of anilines is 1. The van der Waals surface area contributed by atoms with Gasteiger partial charge in [-0.1, -0.05) is 11.8 Å². The number of carbonyl (C=O) groups is 1. The van der Waals surface area contributed by atoms with Crippen LogP contribution < -0.4 is 11.1 Å². The molecule has 1 rings (SSSR count). The van der Waals surface area contributed by atoms with Crippen molar-refractivity contribution in [3.05, 3.63) is 24.3 Å². The molecule has 7 heteroatoms. The largest absolute Gasteiger partial charge is 0.325 e. The lowest BCUT2D eigenvalue weighted by Gasteiger charge is -2.11. The number of nitrogens with one attached hydrogen (secondary N) is 1. The molecule has 19 heavy (non-hydrogen) atoms. The molecular formula is C12H16F2N2OS2. The molecule has 0 saturated heterocycles. The minimum absolute atomic E-state index is 0.261. The van der Waals surface area contributed by atoms with Gasteiger partial charge < -0.3 is 11.1 Å². The van der Waals surface area contributed by atoms with E-state index in [0.717, 1.165) is 5.75 Å². The van der Waals surface area contributed by atoms with Gasteiger partial charge in [0.25, 0.3) is 5.76 Å². The number of hydrogen-bond acceptors (Lipinski definition) is 4. The molecule has 1 amide bonds. The Hall–Kier alpha value is -0.790. The number of rotatable bonds is 7. The minimum atomic E-state index is -2.44. The highest BCUT2D eigenvalue weighted by molar-refractivity contribution is 7.99. The predicted octanol–water partition coefficient (Wildman–Crippen LogP) is 3.02. The SMILES string of the molecule is CSCC[C@@H](N)C(=O)Nc1ccc(SC(F)F)cc1. The van der Waals surface area contributed by atoms with Gasteiger partial charge in [0.2, 0.25) is 5.91 Å². The molecule has 0 spiro atoms. The van der Waals surface area contributed by atoms with E-state index in [9.17, 15) is 13.6 Å². The van der Waals surface area contributed by atoms with E-state index in [1.165, 1.54) is 0 Å². The van der Waals surface area contributed by atoms with Gasteiger partial charge in [-0.15, -0.1) is 0 Å². The van der Waals surface area contributed by atoms with E-state index < -0.39 is 11.8 Å². The van der Waals surface area contributed by atoms with Gasteiger partial charge in [-0.05, 0) is 42.7 Å². The van der Waals surface area contributed by atoms with Crippen LogP contribution >= 0.6 is 23.5 Å². The maximum absolute atomic E-state index is 12.1. The molecule has 1 atom stereocenters. The normalized spacial score (nSPS) is 12.5. The number of carbonyl (C=O) groups excluding carboxylic acids is 1. The fraction of sp³-hybridized carbons (Fsp3) is 0.417. The van der Waals surface area contributed by atoms with E-state index in [2.05, 4.69) is 5.32 Å². The van der Waals surface area contributed by atoms with Gasteiger partial charge in [-0.3, -0.25) is 4.79 Å². The average Bonchev–Trinajstić information content (AvgIpc) is 2.37. The molecule has 0 aliphatic rings. The predicted molar refractivity (Wildman–Crippen MR) is 77.9 cm³/mol.